The molecular formula is C16H23N3O2. The van der Waals surface area contributed by atoms with Crippen LogP contribution in [0.2, 0.25) is 0 Å². The molecule has 2 rings (SSSR count). The third-order valence-electron chi connectivity index (χ3n) is 3.77. The molecule has 5 nitrogen and oxygen atoms in total. The van der Waals surface area contributed by atoms with E-state index in [2.05, 4.69) is 10.6 Å². The van der Waals surface area contributed by atoms with E-state index in [9.17, 15) is 9.59 Å². The third-order valence-corrected chi connectivity index (χ3v) is 3.77. The third kappa shape index (κ3) is 4.86. The average molecular weight is 289 g/mol. The summed E-state index contributed by atoms with van der Waals surface area (Å²) in [6.45, 7) is 2.55. The molecule has 114 valence electrons. The molecule has 0 aliphatic heterocycles. The van der Waals surface area contributed by atoms with Gasteiger partial charge in [0, 0.05) is 23.7 Å². The molecule has 1 aromatic carbocycles. The van der Waals surface area contributed by atoms with Crippen molar-refractivity contribution in [3.05, 3.63) is 24.3 Å². The minimum atomic E-state index is -0.0259. The van der Waals surface area contributed by atoms with Crippen LogP contribution in [-0.4, -0.2) is 18.4 Å². The minimum Gasteiger partial charge on any atom is -0.330 e. The summed E-state index contributed by atoms with van der Waals surface area (Å²) in [4.78, 5) is 23.5. The van der Waals surface area contributed by atoms with E-state index < -0.39 is 0 Å². The normalized spacial score (nSPS) is 15.3. The van der Waals surface area contributed by atoms with Gasteiger partial charge in [-0.1, -0.05) is 13.3 Å². The van der Waals surface area contributed by atoms with Gasteiger partial charge >= 0.3 is 0 Å². The van der Waals surface area contributed by atoms with Gasteiger partial charge in [0.15, 0.2) is 0 Å². The highest BCUT2D eigenvalue weighted by atomic mass is 16.2. The first kappa shape index (κ1) is 15.5. The predicted octanol–water partition coefficient (Wildman–Crippen LogP) is 2.35. The lowest BCUT2D eigenvalue weighted by molar-refractivity contribution is -0.118. The van der Waals surface area contributed by atoms with Gasteiger partial charge < -0.3 is 16.4 Å². The molecule has 1 aliphatic carbocycles. The van der Waals surface area contributed by atoms with Crippen molar-refractivity contribution in [2.24, 2.45) is 17.6 Å². The number of benzene rings is 1. The quantitative estimate of drug-likeness (QED) is 0.720. The molecule has 1 aromatic rings. The molecule has 21 heavy (non-hydrogen) atoms. The summed E-state index contributed by atoms with van der Waals surface area (Å²) in [5, 5.41) is 5.72. The van der Waals surface area contributed by atoms with Gasteiger partial charge in [-0.3, -0.25) is 9.59 Å². The lowest BCUT2D eigenvalue weighted by Gasteiger charge is -2.12. The predicted molar refractivity (Wildman–Crippen MR) is 83.9 cm³/mol. The van der Waals surface area contributed by atoms with Crippen molar-refractivity contribution in [2.75, 3.05) is 17.2 Å². The molecule has 4 N–H and O–H groups in total. The lowest BCUT2D eigenvalue weighted by atomic mass is 10.0. The van der Waals surface area contributed by atoms with Crippen molar-refractivity contribution in [1.82, 2.24) is 0 Å². The fraction of sp³-hybridized carbons (Fsp3) is 0.500. The maximum atomic E-state index is 11.9. The highest BCUT2D eigenvalue weighted by Gasteiger charge is 2.29. The number of hydrogen-bond donors (Lipinski definition) is 3. The van der Waals surface area contributed by atoms with Gasteiger partial charge in [-0.25, -0.2) is 0 Å². The Morgan fingerprint density at radius 3 is 2.24 bits per heavy atom. The Balaban J connectivity index is 1.83. The van der Waals surface area contributed by atoms with Crippen LogP contribution in [-0.2, 0) is 9.59 Å². The number of nitrogens with two attached hydrogens (primary N) is 1. The van der Waals surface area contributed by atoms with Crippen molar-refractivity contribution in [3.63, 3.8) is 0 Å². The zero-order valence-corrected chi connectivity index (χ0v) is 12.4. The van der Waals surface area contributed by atoms with E-state index in [1.165, 1.54) is 0 Å². The van der Waals surface area contributed by atoms with Crippen LogP contribution in [0, 0.1) is 11.8 Å². The number of carbonyl (C=O) groups is 2. The fourth-order valence-corrected chi connectivity index (χ4v) is 2.10. The number of hydrogen-bond acceptors (Lipinski definition) is 3. The van der Waals surface area contributed by atoms with Crippen molar-refractivity contribution < 1.29 is 9.59 Å². The molecule has 5 heteroatoms. The van der Waals surface area contributed by atoms with E-state index in [1.54, 1.807) is 24.3 Å². The van der Waals surface area contributed by atoms with E-state index >= 15 is 0 Å². The first-order valence-electron chi connectivity index (χ1n) is 7.53. The molecule has 0 bridgehead atoms. The Morgan fingerprint density at radius 2 is 1.76 bits per heavy atom. The van der Waals surface area contributed by atoms with E-state index in [-0.39, 0.29) is 23.7 Å². The summed E-state index contributed by atoms with van der Waals surface area (Å²) >= 11 is 0. The lowest BCUT2D eigenvalue weighted by Crippen LogP contribution is -2.21. The molecule has 1 fully saturated rings. The Morgan fingerprint density at radius 1 is 1.19 bits per heavy atom. The van der Waals surface area contributed by atoms with Crippen LogP contribution in [0.1, 0.15) is 32.6 Å². The molecule has 0 saturated heterocycles. The van der Waals surface area contributed by atoms with E-state index in [0.717, 1.165) is 30.6 Å². The second-order valence-electron chi connectivity index (χ2n) is 5.60. The van der Waals surface area contributed by atoms with E-state index in [0.29, 0.717) is 13.0 Å². The van der Waals surface area contributed by atoms with Crippen LogP contribution < -0.4 is 16.4 Å². The SMILES string of the molecule is CCC(CN)CC(=O)Nc1ccc(NC(=O)C2CC2)cc1. The van der Waals surface area contributed by atoms with Crippen LogP contribution in [0.3, 0.4) is 0 Å². The molecule has 0 spiro atoms. The number of anilines is 2. The number of rotatable bonds is 7. The van der Waals surface area contributed by atoms with Crippen LogP contribution in [0.15, 0.2) is 24.3 Å². The number of carbonyl (C=O) groups excluding carboxylic acids is 2. The summed E-state index contributed by atoms with van der Waals surface area (Å²) < 4.78 is 0. The Bertz CT molecular complexity index is 491. The van der Waals surface area contributed by atoms with Crippen LogP contribution in [0.4, 0.5) is 11.4 Å². The van der Waals surface area contributed by atoms with Gasteiger partial charge in [0.1, 0.15) is 0 Å². The number of amides is 2. The van der Waals surface area contributed by atoms with Gasteiger partial charge in [0.05, 0.1) is 0 Å². The van der Waals surface area contributed by atoms with Crippen molar-refractivity contribution in [3.8, 4) is 0 Å². The van der Waals surface area contributed by atoms with Gasteiger partial charge in [-0.05, 0) is 49.6 Å². The van der Waals surface area contributed by atoms with Crippen molar-refractivity contribution >= 4 is 23.2 Å². The maximum absolute atomic E-state index is 11.9. The molecule has 0 heterocycles. The van der Waals surface area contributed by atoms with Crippen LogP contribution in [0.25, 0.3) is 0 Å². The van der Waals surface area contributed by atoms with E-state index in [1.807, 2.05) is 6.92 Å². The smallest absolute Gasteiger partial charge is 0.227 e. The molecule has 1 atom stereocenters. The first-order valence-corrected chi connectivity index (χ1v) is 7.53. The Kier molecular flexibility index (Phi) is 5.33. The monoisotopic (exact) mass is 289 g/mol. The summed E-state index contributed by atoms with van der Waals surface area (Å²) in [6.07, 6.45) is 3.31. The second-order valence-corrected chi connectivity index (χ2v) is 5.60. The van der Waals surface area contributed by atoms with Gasteiger partial charge in [-0.2, -0.15) is 0 Å². The molecule has 1 saturated carbocycles. The largest absolute Gasteiger partial charge is 0.330 e. The van der Waals surface area contributed by atoms with Gasteiger partial charge in [0.2, 0.25) is 11.8 Å². The topological polar surface area (TPSA) is 84.2 Å². The summed E-state index contributed by atoms with van der Waals surface area (Å²) in [5.74, 6) is 0.469. The molecule has 0 radical (unpaired) electrons. The van der Waals surface area contributed by atoms with Crippen LogP contribution >= 0.6 is 0 Å². The summed E-state index contributed by atoms with van der Waals surface area (Å²) in [6, 6.07) is 7.19. The average Bonchev–Trinajstić information content (AvgIpc) is 3.31. The second kappa shape index (κ2) is 7.22. The zero-order chi connectivity index (χ0) is 15.2. The Labute approximate surface area is 125 Å². The molecule has 2 amide bonds. The molecule has 0 aromatic heterocycles. The minimum absolute atomic E-state index is 0.0259. The Hall–Kier alpha value is -1.88. The number of nitrogens with one attached hydrogen (secondary N) is 2. The maximum Gasteiger partial charge on any atom is 0.227 e. The fourth-order valence-electron chi connectivity index (χ4n) is 2.10. The molecule has 1 aliphatic rings. The molecular weight excluding hydrogens is 266 g/mol. The first-order chi connectivity index (χ1) is 10.1. The highest BCUT2D eigenvalue weighted by molar-refractivity contribution is 5.95. The highest BCUT2D eigenvalue weighted by Crippen LogP contribution is 2.30. The summed E-state index contributed by atoms with van der Waals surface area (Å²) in [7, 11) is 0. The van der Waals surface area contributed by atoms with E-state index in [4.69, 9.17) is 5.73 Å². The zero-order valence-electron chi connectivity index (χ0n) is 12.4. The van der Waals surface area contributed by atoms with Crippen molar-refractivity contribution in [2.45, 2.75) is 32.6 Å². The standard InChI is InChI=1S/C16H23N3O2/c1-2-11(10-17)9-15(20)18-13-5-7-14(8-6-13)19-16(21)12-3-4-12/h5-8,11-12H,2-4,9-10,17H2,1H3,(H,18,20)(H,19,21). The van der Waals surface area contributed by atoms with Crippen LogP contribution in [0.5, 0.6) is 0 Å². The van der Waals surface area contributed by atoms with Crippen molar-refractivity contribution in [1.29, 1.82) is 0 Å². The summed E-state index contributed by atoms with van der Waals surface area (Å²) in [5.41, 5.74) is 7.10. The molecule has 1 unspecified atom stereocenters. The van der Waals surface area contributed by atoms with Gasteiger partial charge in [-0.15, -0.1) is 0 Å². The van der Waals surface area contributed by atoms with Gasteiger partial charge in [0.25, 0.3) is 0 Å².